The second-order valence-corrected chi connectivity index (χ2v) is 6.19. The van der Waals surface area contributed by atoms with Crippen LogP contribution in [0.15, 0.2) is 24.3 Å². The summed E-state index contributed by atoms with van der Waals surface area (Å²) in [6.45, 7) is 0.492. The highest BCUT2D eigenvalue weighted by molar-refractivity contribution is 6.02. The Bertz CT molecular complexity index is 575. The summed E-state index contributed by atoms with van der Waals surface area (Å²) in [6, 6.07) is 6.64. The van der Waals surface area contributed by atoms with Crippen molar-refractivity contribution in [2.24, 2.45) is 11.1 Å². The molecule has 1 aliphatic carbocycles. The maximum Gasteiger partial charge on any atom is 0.327 e. The van der Waals surface area contributed by atoms with Crippen LogP contribution in [0, 0.1) is 5.41 Å². The van der Waals surface area contributed by atoms with Gasteiger partial charge in [0.1, 0.15) is 6.04 Å². The van der Waals surface area contributed by atoms with Crippen LogP contribution in [0.25, 0.3) is 0 Å². The summed E-state index contributed by atoms with van der Waals surface area (Å²) in [4.78, 5) is 25.6. The number of amides is 1. The Balaban J connectivity index is 1.87. The monoisotopic (exact) mass is 288 g/mol. The summed E-state index contributed by atoms with van der Waals surface area (Å²) in [7, 11) is 0. The lowest BCUT2D eigenvalue weighted by molar-refractivity contribution is -0.140. The molecule has 0 unspecified atom stereocenters. The highest BCUT2D eigenvalue weighted by Gasteiger charge is 2.43. The van der Waals surface area contributed by atoms with E-state index in [4.69, 9.17) is 5.73 Å². The second-order valence-electron chi connectivity index (χ2n) is 6.19. The van der Waals surface area contributed by atoms with Gasteiger partial charge in [0.2, 0.25) is 5.91 Å². The van der Waals surface area contributed by atoms with Crippen LogP contribution in [-0.2, 0) is 16.0 Å². The van der Waals surface area contributed by atoms with Crippen molar-refractivity contribution in [2.45, 2.75) is 38.1 Å². The maximum absolute atomic E-state index is 12.7. The number of rotatable bonds is 4. The van der Waals surface area contributed by atoms with Crippen LogP contribution in [0.5, 0.6) is 0 Å². The molecule has 0 aromatic heterocycles. The summed E-state index contributed by atoms with van der Waals surface area (Å²) < 4.78 is 0. The van der Waals surface area contributed by atoms with Crippen LogP contribution in [-0.4, -0.2) is 29.6 Å². The van der Waals surface area contributed by atoms with Crippen LogP contribution in [0.3, 0.4) is 0 Å². The number of benzene rings is 1. The number of carbonyl (C=O) groups is 2. The van der Waals surface area contributed by atoms with Crippen molar-refractivity contribution < 1.29 is 14.7 Å². The van der Waals surface area contributed by atoms with Gasteiger partial charge in [-0.3, -0.25) is 9.69 Å². The average molecular weight is 288 g/mol. The van der Waals surface area contributed by atoms with Gasteiger partial charge in [-0.25, -0.2) is 4.79 Å². The Morgan fingerprint density at radius 2 is 2.05 bits per heavy atom. The zero-order valence-electron chi connectivity index (χ0n) is 11.9. The van der Waals surface area contributed by atoms with Crippen molar-refractivity contribution in [3.63, 3.8) is 0 Å². The third kappa shape index (κ3) is 2.31. The molecular weight excluding hydrogens is 268 g/mol. The molecule has 5 heteroatoms. The Kier molecular flexibility index (Phi) is 3.45. The summed E-state index contributed by atoms with van der Waals surface area (Å²) in [6.07, 6.45) is 3.75. The van der Waals surface area contributed by atoms with E-state index in [0.717, 1.165) is 30.5 Å². The minimum Gasteiger partial charge on any atom is -0.480 e. The predicted octanol–water partition coefficient (Wildman–Crippen LogP) is 1.55. The SMILES string of the molecule is NCC1(CC(=O)N2c3ccccc3C[C@H]2C(=O)O)CCC1. The Labute approximate surface area is 123 Å². The third-order valence-electron chi connectivity index (χ3n) is 4.90. The van der Waals surface area contributed by atoms with Crippen molar-refractivity contribution in [2.75, 3.05) is 11.4 Å². The standard InChI is InChI=1S/C16H20N2O3/c17-10-16(6-3-7-16)9-14(19)18-12-5-2-1-4-11(12)8-13(18)15(20)21/h1-2,4-5,13H,3,6-10,17H2,(H,20,21)/t13-/m0/s1. The number of nitrogens with two attached hydrogens (primary N) is 1. The molecule has 0 bridgehead atoms. The fourth-order valence-electron chi connectivity index (χ4n) is 3.43. The number of carboxylic acids is 1. The molecule has 1 aromatic carbocycles. The number of anilines is 1. The summed E-state index contributed by atoms with van der Waals surface area (Å²) in [5, 5.41) is 9.41. The molecular formula is C16H20N2O3. The Morgan fingerprint density at radius 1 is 1.33 bits per heavy atom. The van der Waals surface area contributed by atoms with Gasteiger partial charge in [0.15, 0.2) is 0 Å². The van der Waals surface area contributed by atoms with Crippen molar-refractivity contribution in [1.29, 1.82) is 0 Å². The van der Waals surface area contributed by atoms with Crippen LogP contribution < -0.4 is 10.6 Å². The quantitative estimate of drug-likeness (QED) is 0.880. The Hall–Kier alpha value is -1.88. The van der Waals surface area contributed by atoms with E-state index in [1.54, 1.807) is 0 Å². The lowest BCUT2D eigenvalue weighted by Gasteiger charge is -2.41. The number of carboxylic acid groups (broad SMARTS) is 1. The van der Waals surface area contributed by atoms with Gasteiger partial charge < -0.3 is 10.8 Å². The minimum atomic E-state index is -0.949. The average Bonchev–Trinajstić information content (AvgIpc) is 2.82. The first-order valence-electron chi connectivity index (χ1n) is 7.39. The van der Waals surface area contributed by atoms with Gasteiger partial charge in [-0.15, -0.1) is 0 Å². The van der Waals surface area contributed by atoms with Gasteiger partial charge in [-0.2, -0.15) is 0 Å². The van der Waals surface area contributed by atoms with Crippen molar-refractivity contribution in [3.05, 3.63) is 29.8 Å². The molecule has 1 amide bonds. The highest BCUT2D eigenvalue weighted by atomic mass is 16.4. The Morgan fingerprint density at radius 3 is 2.62 bits per heavy atom. The molecule has 1 atom stereocenters. The van der Waals surface area contributed by atoms with E-state index in [9.17, 15) is 14.7 Å². The van der Waals surface area contributed by atoms with Gasteiger partial charge in [0, 0.05) is 18.5 Å². The largest absolute Gasteiger partial charge is 0.480 e. The lowest BCUT2D eigenvalue weighted by Crippen LogP contribution is -2.47. The van der Waals surface area contributed by atoms with E-state index in [1.807, 2.05) is 24.3 Å². The topological polar surface area (TPSA) is 83.6 Å². The molecule has 0 radical (unpaired) electrons. The highest BCUT2D eigenvalue weighted by Crippen LogP contribution is 2.44. The number of para-hydroxylation sites is 1. The number of hydrogen-bond acceptors (Lipinski definition) is 3. The molecule has 1 saturated carbocycles. The van der Waals surface area contributed by atoms with Gasteiger partial charge in [-0.05, 0) is 36.4 Å². The zero-order chi connectivity index (χ0) is 15.0. The summed E-state index contributed by atoms with van der Waals surface area (Å²) >= 11 is 0. The summed E-state index contributed by atoms with van der Waals surface area (Å²) in [5.41, 5.74) is 7.37. The predicted molar refractivity (Wildman–Crippen MR) is 79.0 cm³/mol. The number of fused-ring (bicyclic) bond motifs is 1. The number of carbonyl (C=O) groups excluding carboxylic acids is 1. The molecule has 1 fully saturated rings. The van der Waals surface area contributed by atoms with Gasteiger partial charge >= 0.3 is 5.97 Å². The van der Waals surface area contributed by atoms with E-state index >= 15 is 0 Å². The molecule has 3 rings (SSSR count). The lowest BCUT2D eigenvalue weighted by atomic mass is 9.66. The molecule has 112 valence electrons. The smallest absolute Gasteiger partial charge is 0.327 e. The number of nitrogens with zero attached hydrogens (tertiary/aromatic N) is 1. The molecule has 0 spiro atoms. The van der Waals surface area contributed by atoms with Gasteiger partial charge in [0.25, 0.3) is 0 Å². The van der Waals surface area contributed by atoms with E-state index in [2.05, 4.69) is 0 Å². The molecule has 3 N–H and O–H groups in total. The van der Waals surface area contributed by atoms with Crippen molar-refractivity contribution >= 4 is 17.6 Å². The van der Waals surface area contributed by atoms with Crippen molar-refractivity contribution in [1.82, 2.24) is 0 Å². The maximum atomic E-state index is 12.7. The summed E-state index contributed by atoms with van der Waals surface area (Å²) in [5.74, 6) is -1.06. The third-order valence-corrected chi connectivity index (χ3v) is 4.90. The first kappa shape index (κ1) is 14.1. The molecule has 1 aliphatic heterocycles. The molecule has 2 aliphatic rings. The van der Waals surface area contributed by atoms with Gasteiger partial charge in [-0.1, -0.05) is 24.6 Å². The van der Waals surface area contributed by atoms with E-state index < -0.39 is 12.0 Å². The molecule has 21 heavy (non-hydrogen) atoms. The second kappa shape index (κ2) is 5.15. The first-order valence-corrected chi connectivity index (χ1v) is 7.39. The fraction of sp³-hybridized carbons (Fsp3) is 0.500. The first-order chi connectivity index (χ1) is 10.1. The van der Waals surface area contributed by atoms with Crippen molar-refractivity contribution in [3.8, 4) is 0 Å². The zero-order valence-corrected chi connectivity index (χ0v) is 11.9. The van der Waals surface area contributed by atoms with Gasteiger partial charge in [0.05, 0.1) is 0 Å². The van der Waals surface area contributed by atoms with E-state index in [1.165, 1.54) is 4.90 Å². The van der Waals surface area contributed by atoms with Crippen LogP contribution >= 0.6 is 0 Å². The van der Waals surface area contributed by atoms with E-state index in [-0.39, 0.29) is 11.3 Å². The normalized spacial score (nSPS) is 22.5. The van der Waals surface area contributed by atoms with Crippen LogP contribution in [0.2, 0.25) is 0 Å². The number of aliphatic carboxylic acids is 1. The molecule has 0 saturated heterocycles. The van der Waals surface area contributed by atoms with Crippen LogP contribution in [0.4, 0.5) is 5.69 Å². The van der Waals surface area contributed by atoms with E-state index in [0.29, 0.717) is 19.4 Å². The molecule has 1 heterocycles. The number of hydrogen-bond donors (Lipinski definition) is 2. The molecule has 1 aromatic rings. The minimum absolute atomic E-state index is 0.113. The van der Waals surface area contributed by atoms with Crippen LogP contribution in [0.1, 0.15) is 31.2 Å². The molecule has 5 nitrogen and oxygen atoms in total. The fourth-order valence-corrected chi connectivity index (χ4v) is 3.43.